The first kappa shape index (κ1) is 10.2. The van der Waals surface area contributed by atoms with Crippen molar-refractivity contribution in [1.82, 2.24) is 4.57 Å². The zero-order valence-corrected chi connectivity index (χ0v) is 10.0. The molecule has 1 aromatic heterocycles. The lowest BCUT2D eigenvalue weighted by Gasteiger charge is -2.07. The van der Waals surface area contributed by atoms with E-state index in [1.54, 1.807) is 26.4 Å². The van der Waals surface area contributed by atoms with Crippen LogP contribution in [0, 0.1) is 0 Å². The van der Waals surface area contributed by atoms with Gasteiger partial charge in [-0.3, -0.25) is 4.79 Å². The third-order valence-corrected chi connectivity index (χ3v) is 3.06. The highest BCUT2D eigenvalue weighted by molar-refractivity contribution is 9.10. The van der Waals surface area contributed by atoms with Crippen LogP contribution < -0.4 is 10.3 Å². The minimum absolute atomic E-state index is 0.0503. The summed E-state index contributed by atoms with van der Waals surface area (Å²) in [4.78, 5) is 11.9. The lowest BCUT2D eigenvalue weighted by molar-refractivity contribution is 0.419. The number of halogens is 1. The highest BCUT2D eigenvalue weighted by Gasteiger charge is 2.09. The second kappa shape index (κ2) is 3.70. The van der Waals surface area contributed by atoms with Gasteiger partial charge in [-0.15, -0.1) is 0 Å². The molecule has 1 heterocycles. The molecule has 0 aliphatic carbocycles. The van der Waals surface area contributed by atoms with Crippen LogP contribution in [0.2, 0.25) is 0 Å². The maximum atomic E-state index is 11.9. The molecule has 0 N–H and O–H groups in total. The average molecular weight is 268 g/mol. The van der Waals surface area contributed by atoms with Crippen molar-refractivity contribution in [2.75, 3.05) is 7.11 Å². The van der Waals surface area contributed by atoms with Crippen LogP contribution in [0.1, 0.15) is 0 Å². The molecule has 0 spiro atoms. The molecule has 0 aliphatic rings. The third kappa shape index (κ3) is 1.55. The Hall–Kier alpha value is -1.29. The summed E-state index contributed by atoms with van der Waals surface area (Å²) in [5.74, 6) is 0.606. The summed E-state index contributed by atoms with van der Waals surface area (Å²) >= 11 is 3.42. The first-order valence-corrected chi connectivity index (χ1v) is 5.26. The first-order valence-electron chi connectivity index (χ1n) is 4.47. The van der Waals surface area contributed by atoms with Gasteiger partial charge >= 0.3 is 0 Å². The minimum Gasteiger partial charge on any atom is -0.496 e. The molecule has 15 heavy (non-hydrogen) atoms. The maximum absolute atomic E-state index is 11.9. The van der Waals surface area contributed by atoms with Crippen molar-refractivity contribution >= 4 is 26.7 Å². The molecular weight excluding hydrogens is 258 g/mol. The second-order valence-corrected chi connectivity index (χ2v) is 4.12. The number of hydrogen-bond donors (Lipinski definition) is 0. The van der Waals surface area contributed by atoms with E-state index in [1.807, 2.05) is 12.1 Å². The fourth-order valence-corrected chi connectivity index (χ4v) is 2.02. The molecule has 0 bridgehead atoms. The summed E-state index contributed by atoms with van der Waals surface area (Å²) in [7, 11) is 3.29. The highest BCUT2D eigenvalue weighted by atomic mass is 79.9. The van der Waals surface area contributed by atoms with Crippen LogP contribution >= 0.6 is 15.9 Å². The lowest BCUT2D eigenvalue weighted by Crippen LogP contribution is -2.16. The summed E-state index contributed by atoms with van der Waals surface area (Å²) in [5, 5.41) is 1.48. The molecule has 0 saturated heterocycles. The van der Waals surface area contributed by atoms with Crippen LogP contribution in [0.4, 0.5) is 0 Å². The van der Waals surface area contributed by atoms with E-state index in [0.29, 0.717) is 11.1 Å². The molecule has 0 unspecified atom stereocenters. The fraction of sp³-hybridized carbons (Fsp3) is 0.182. The molecule has 1 aromatic carbocycles. The summed E-state index contributed by atoms with van der Waals surface area (Å²) in [6.45, 7) is 0. The van der Waals surface area contributed by atoms with Crippen LogP contribution in [0.3, 0.4) is 0 Å². The smallest absolute Gasteiger partial charge is 0.261 e. The number of aryl methyl sites for hydroxylation is 1. The summed E-state index contributed by atoms with van der Waals surface area (Å²) in [5.41, 5.74) is -0.0503. The molecular formula is C11H10BrNO2. The van der Waals surface area contributed by atoms with Crippen LogP contribution in [-0.2, 0) is 7.05 Å². The van der Waals surface area contributed by atoms with Crippen molar-refractivity contribution in [3.05, 3.63) is 39.2 Å². The van der Waals surface area contributed by atoms with Gasteiger partial charge in [-0.2, -0.15) is 0 Å². The normalized spacial score (nSPS) is 10.6. The number of hydrogen-bond acceptors (Lipinski definition) is 2. The van der Waals surface area contributed by atoms with E-state index < -0.39 is 0 Å². The van der Waals surface area contributed by atoms with E-state index in [2.05, 4.69) is 15.9 Å². The van der Waals surface area contributed by atoms with Gasteiger partial charge in [-0.05, 0) is 18.2 Å². The van der Waals surface area contributed by atoms with Gasteiger partial charge in [0.2, 0.25) is 0 Å². The van der Waals surface area contributed by atoms with Crippen molar-refractivity contribution in [3.8, 4) is 5.75 Å². The number of methoxy groups -OCH3 is 1. The van der Waals surface area contributed by atoms with Gasteiger partial charge in [0, 0.05) is 23.1 Å². The Balaban J connectivity index is 3.02. The Kier molecular flexibility index (Phi) is 2.52. The molecule has 78 valence electrons. The maximum Gasteiger partial charge on any atom is 0.261 e. The van der Waals surface area contributed by atoms with E-state index in [0.717, 1.165) is 9.86 Å². The Morgan fingerprint density at radius 1 is 1.33 bits per heavy atom. The van der Waals surface area contributed by atoms with Crippen LogP contribution in [0.5, 0.6) is 5.75 Å². The molecule has 2 rings (SSSR count). The minimum atomic E-state index is -0.0503. The van der Waals surface area contributed by atoms with Gasteiger partial charge in [0.15, 0.2) is 0 Å². The Morgan fingerprint density at radius 2 is 2.07 bits per heavy atom. The van der Waals surface area contributed by atoms with E-state index in [9.17, 15) is 4.79 Å². The van der Waals surface area contributed by atoms with Gasteiger partial charge < -0.3 is 9.30 Å². The van der Waals surface area contributed by atoms with Crippen molar-refractivity contribution in [2.45, 2.75) is 0 Å². The van der Waals surface area contributed by atoms with E-state index in [-0.39, 0.29) is 5.56 Å². The molecule has 0 atom stereocenters. The van der Waals surface area contributed by atoms with Crippen molar-refractivity contribution in [1.29, 1.82) is 0 Å². The van der Waals surface area contributed by atoms with Gasteiger partial charge in [-0.25, -0.2) is 0 Å². The van der Waals surface area contributed by atoms with Crippen molar-refractivity contribution in [2.24, 2.45) is 7.05 Å². The van der Waals surface area contributed by atoms with Gasteiger partial charge in [0.25, 0.3) is 5.56 Å². The van der Waals surface area contributed by atoms with Crippen molar-refractivity contribution in [3.63, 3.8) is 0 Å². The SMILES string of the molecule is COc1ccc(Br)c2ccn(C)c(=O)c12. The van der Waals surface area contributed by atoms with Gasteiger partial charge in [0.05, 0.1) is 12.5 Å². The van der Waals surface area contributed by atoms with E-state index in [1.165, 1.54) is 4.57 Å². The molecule has 3 nitrogen and oxygen atoms in total. The second-order valence-electron chi connectivity index (χ2n) is 3.27. The van der Waals surface area contributed by atoms with Crippen molar-refractivity contribution < 1.29 is 4.74 Å². The number of ether oxygens (including phenoxy) is 1. The number of benzene rings is 1. The molecule has 0 fully saturated rings. The number of aromatic nitrogens is 1. The predicted molar refractivity (Wildman–Crippen MR) is 63.4 cm³/mol. The molecule has 0 saturated carbocycles. The standard InChI is InChI=1S/C11H10BrNO2/c1-13-6-5-7-8(12)3-4-9(15-2)10(7)11(13)14/h3-6H,1-2H3. The number of pyridine rings is 1. The monoisotopic (exact) mass is 267 g/mol. The number of nitrogens with zero attached hydrogens (tertiary/aromatic N) is 1. The summed E-state index contributed by atoms with van der Waals surface area (Å²) < 4.78 is 7.62. The van der Waals surface area contributed by atoms with E-state index in [4.69, 9.17) is 4.74 Å². The largest absolute Gasteiger partial charge is 0.496 e. The summed E-state index contributed by atoms with van der Waals surface area (Å²) in [6.07, 6.45) is 1.74. The molecule has 4 heteroatoms. The molecule has 0 amide bonds. The Bertz CT molecular complexity index is 575. The van der Waals surface area contributed by atoms with Crippen LogP contribution in [0.15, 0.2) is 33.7 Å². The van der Waals surface area contributed by atoms with Crippen LogP contribution in [0.25, 0.3) is 10.8 Å². The molecule has 0 aliphatic heterocycles. The predicted octanol–water partition coefficient (Wildman–Crippen LogP) is 2.31. The Labute approximate surface area is 95.4 Å². The zero-order chi connectivity index (χ0) is 11.0. The number of fused-ring (bicyclic) bond motifs is 1. The lowest BCUT2D eigenvalue weighted by atomic mass is 10.1. The fourth-order valence-electron chi connectivity index (χ4n) is 1.56. The van der Waals surface area contributed by atoms with Crippen LogP contribution in [-0.4, -0.2) is 11.7 Å². The van der Waals surface area contributed by atoms with Gasteiger partial charge in [0.1, 0.15) is 5.75 Å². The first-order chi connectivity index (χ1) is 7.15. The topological polar surface area (TPSA) is 31.2 Å². The molecule has 0 radical (unpaired) electrons. The summed E-state index contributed by atoms with van der Waals surface area (Å²) in [6, 6.07) is 5.55. The van der Waals surface area contributed by atoms with Gasteiger partial charge in [-0.1, -0.05) is 15.9 Å². The molecule has 2 aromatic rings. The highest BCUT2D eigenvalue weighted by Crippen LogP contribution is 2.28. The Morgan fingerprint density at radius 3 is 2.73 bits per heavy atom. The quantitative estimate of drug-likeness (QED) is 0.794. The zero-order valence-electron chi connectivity index (χ0n) is 8.45. The number of rotatable bonds is 1. The van der Waals surface area contributed by atoms with E-state index >= 15 is 0 Å². The average Bonchev–Trinajstić information content (AvgIpc) is 2.24. The third-order valence-electron chi connectivity index (χ3n) is 2.37.